The summed E-state index contributed by atoms with van der Waals surface area (Å²) in [5.74, 6) is -0.241. The summed E-state index contributed by atoms with van der Waals surface area (Å²) in [5.41, 5.74) is 1.66. The van der Waals surface area contributed by atoms with Crippen LogP contribution in [0.25, 0.3) is 23.1 Å². The number of para-hydroxylation sites is 1. The van der Waals surface area contributed by atoms with Crippen LogP contribution in [0.3, 0.4) is 0 Å². The Labute approximate surface area is 118 Å². The van der Waals surface area contributed by atoms with Crippen molar-refractivity contribution in [3.05, 3.63) is 56.7 Å². The molecule has 2 heterocycles. The topological polar surface area (TPSA) is 84.7 Å². The number of hydrogen-bond acceptors (Lipinski definition) is 3. The average molecular weight is 285 g/mol. The SMILES string of the molecule is O=c1[nH]c(=S)[nH]c(O)c1C=Cc1c[nH]c2ccccc12. The quantitative estimate of drug-likeness (QED) is 0.546. The van der Waals surface area contributed by atoms with E-state index in [0.717, 1.165) is 16.5 Å². The smallest absolute Gasteiger partial charge is 0.262 e. The van der Waals surface area contributed by atoms with Crippen LogP contribution in [0.5, 0.6) is 5.88 Å². The molecule has 6 heteroatoms. The normalized spacial score (nSPS) is 11.4. The molecule has 100 valence electrons. The van der Waals surface area contributed by atoms with Gasteiger partial charge in [-0.3, -0.25) is 9.78 Å². The van der Waals surface area contributed by atoms with Crippen LogP contribution in [0.4, 0.5) is 0 Å². The van der Waals surface area contributed by atoms with Gasteiger partial charge >= 0.3 is 0 Å². The molecule has 0 unspecified atom stereocenters. The Balaban J connectivity index is 2.07. The van der Waals surface area contributed by atoms with E-state index in [1.54, 1.807) is 12.2 Å². The number of aromatic nitrogens is 3. The maximum atomic E-state index is 11.7. The summed E-state index contributed by atoms with van der Waals surface area (Å²) in [5, 5.41) is 10.8. The van der Waals surface area contributed by atoms with Crippen molar-refractivity contribution in [2.75, 3.05) is 0 Å². The van der Waals surface area contributed by atoms with Gasteiger partial charge in [0.25, 0.3) is 5.56 Å². The van der Waals surface area contributed by atoms with Crippen molar-refractivity contribution in [2.24, 2.45) is 0 Å². The molecule has 4 N–H and O–H groups in total. The predicted molar refractivity (Wildman–Crippen MR) is 81.1 cm³/mol. The van der Waals surface area contributed by atoms with E-state index in [1.807, 2.05) is 30.5 Å². The number of aromatic hydroxyl groups is 1. The lowest BCUT2D eigenvalue weighted by Gasteiger charge is -1.97. The van der Waals surface area contributed by atoms with Crippen molar-refractivity contribution >= 4 is 35.3 Å². The van der Waals surface area contributed by atoms with Crippen molar-refractivity contribution < 1.29 is 5.11 Å². The number of fused-ring (bicyclic) bond motifs is 1. The monoisotopic (exact) mass is 285 g/mol. The molecule has 0 radical (unpaired) electrons. The first-order chi connectivity index (χ1) is 9.65. The van der Waals surface area contributed by atoms with Gasteiger partial charge in [-0.25, -0.2) is 0 Å². The Hall–Kier alpha value is -2.60. The fourth-order valence-corrected chi connectivity index (χ4v) is 2.23. The second kappa shape index (κ2) is 4.82. The molecule has 0 saturated carbocycles. The molecule has 0 bridgehead atoms. The van der Waals surface area contributed by atoms with Crippen LogP contribution < -0.4 is 5.56 Å². The van der Waals surface area contributed by atoms with Crippen LogP contribution in [0.1, 0.15) is 11.1 Å². The Kier molecular flexibility index (Phi) is 3.00. The van der Waals surface area contributed by atoms with Crippen LogP contribution in [0, 0.1) is 4.77 Å². The summed E-state index contributed by atoms with van der Waals surface area (Å²) < 4.78 is 0.0942. The lowest BCUT2D eigenvalue weighted by Crippen LogP contribution is -2.10. The van der Waals surface area contributed by atoms with E-state index < -0.39 is 5.56 Å². The number of benzene rings is 1. The van der Waals surface area contributed by atoms with Gasteiger partial charge < -0.3 is 15.1 Å². The van der Waals surface area contributed by atoms with Crippen molar-refractivity contribution in [3.63, 3.8) is 0 Å². The summed E-state index contributed by atoms with van der Waals surface area (Å²) in [7, 11) is 0. The third-order valence-corrected chi connectivity index (χ3v) is 3.21. The van der Waals surface area contributed by atoms with Crippen molar-refractivity contribution in [1.29, 1.82) is 0 Å². The van der Waals surface area contributed by atoms with Gasteiger partial charge in [0.05, 0.1) is 5.56 Å². The largest absolute Gasteiger partial charge is 0.494 e. The van der Waals surface area contributed by atoms with E-state index >= 15 is 0 Å². The maximum Gasteiger partial charge on any atom is 0.262 e. The van der Waals surface area contributed by atoms with Crippen LogP contribution in [-0.4, -0.2) is 20.1 Å². The van der Waals surface area contributed by atoms with Gasteiger partial charge in [0.1, 0.15) is 0 Å². The van der Waals surface area contributed by atoms with Crippen LogP contribution in [0.2, 0.25) is 0 Å². The van der Waals surface area contributed by atoms with E-state index in [1.165, 1.54) is 0 Å². The Morgan fingerprint density at radius 2 is 1.95 bits per heavy atom. The molecule has 0 aliphatic rings. The highest BCUT2D eigenvalue weighted by molar-refractivity contribution is 7.71. The van der Waals surface area contributed by atoms with E-state index in [9.17, 15) is 9.90 Å². The Bertz CT molecular complexity index is 918. The van der Waals surface area contributed by atoms with Crippen molar-refractivity contribution in [3.8, 4) is 5.88 Å². The molecule has 0 aliphatic heterocycles. The number of aromatic amines is 3. The highest BCUT2D eigenvalue weighted by Gasteiger charge is 2.04. The minimum atomic E-state index is -0.428. The molecule has 0 fully saturated rings. The summed E-state index contributed by atoms with van der Waals surface area (Å²) in [4.78, 5) is 19.8. The lowest BCUT2D eigenvalue weighted by molar-refractivity contribution is 0.448. The van der Waals surface area contributed by atoms with Gasteiger partial charge in [-0.2, -0.15) is 0 Å². The third kappa shape index (κ3) is 2.17. The molecule has 0 spiro atoms. The lowest BCUT2D eigenvalue weighted by atomic mass is 10.1. The Morgan fingerprint density at radius 1 is 1.15 bits per heavy atom. The Morgan fingerprint density at radius 3 is 2.75 bits per heavy atom. The zero-order chi connectivity index (χ0) is 14.1. The fraction of sp³-hybridized carbons (Fsp3) is 0. The molecule has 0 atom stereocenters. The first kappa shape index (κ1) is 12.4. The standard InChI is InChI=1S/C14H11N3O2S/c18-12-10(13(19)17-14(20)16-12)6-5-8-7-15-11-4-2-1-3-9(8)11/h1-7,15H,(H3,16,17,18,19,20). The van der Waals surface area contributed by atoms with Crippen LogP contribution in [0.15, 0.2) is 35.3 Å². The van der Waals surface area contributed by atoms with Crippen LogP contribution >= 0.6 is 12.2 Å². The summed E-state index contributed by atoms with van der Waals surface area (Å²) in [6.07, 6.45) is 5.16. The molecule has 20 heavy (non-hydrogen) atoms. The molecule has 2 aromatic heterocycles. The maximum absolute atomic E-state index is 11.7. The average Bonchev–Trinajstić information content (AvgIpc) is 2.81. The first-order valence-electron chi connectivity index (χ1n) is 5.95. The molecule has 0 saturated heterocycles. The molecule has 1 aromatic carbocycles. The van der Waals surface area contributed by atoms with Gasteiger partial charge in [0, 0.05) is 17.1 Å². The molecule has 0 amide bonds. The van der Waals surface area contributed by atoms with Gasteiger partial charge in [0.15, 0.2) is 4.77 Å². The zero-order valence-electron chi connectivity index (χ0n) is 10.3. The summed E-state index contributed by atoms with van der Waals surface area (Å²) >= 11 is 4.77. The van der Waals surface area contributed by atoms with E-state index in [4.69, 9.17) is 12.2 Å². The number of nitrogens with one attached hydrogen (secondary N) is 3. The summed E-state index contributed by atoms with van der Waals surface area (Å²) in [6.45, 7) is 0. The van der Waals surface area contributed by atoms with E-state index in [-0.39, 0.29) is 16.2 Å². The molecule has 5 nitrogen and oxygen atoms in total. The molecular weight excluding hydrogens is 274 g/mol. The molecule has 0 aliphatic carbocycles. The highest BCUT2D eigenvalue weighted by Crippen LogP contribution is 2.20. The van der Waals surface area contributed by atoms with Gasteiger partial charge in [-0.15, -0.1) is 0 Å². The fourth-order valence-electron chi connectivity index (χ4n) is 2.04. The van der Waals surface area contributed by atoms with Gasteiger partial charge in [-0.05, 0) is 29.9 Å². The molecular formula is C14H11N3O2S. The predicted octanol–water partition coefficient (Wildman–Crippen LogP) is 2.79. The van der Waals surface area contributed by atoms with Crippen molar-refractivity contribution in [2.45, 2.75) is 0 Å². The second-order valence-corrected chi connectivity index (χ2v) is 4.70. The van der Waals surface area contributed by atoms with Gasteiger partial charge in [0.2, 0.25) is 5.88 Å². The first-order valence-corrected chi connectivity index (χ1v) is 6.36. The highest BCUT2D eigenvalue weighted by atomic mass is 32.1. The van der Waals surface area contributed by atoms with E-state index in [2.05, 4.69) is 15.0 Å². The molecule has 3 aromatic rings. The summed E-state index contributed by atoms with van der Waals surface area (Å²) in [6, 6.07) is 7.84. The number of rotatable bonds is 2. The van der Waals surface area contributed by atoms with Crippen LogP contribution in [-0.2, 0) is 0 Å². The second-order valence-electron chi connectivity index (χ2n) is 4.29. The number of hydrogen-bond donors (Lipinski definition) is 4. The van der Waals surface area contributed by atoms with Crippen molar-refractivity contribution in [1.82, 2.24) is 15.0 Å². The van der Waals surface area contributed by atoms with Gasteiger partial charge in [-0.1, -0.05) is 24.3 Å². The number of H-pyrrole nitrogens is 3. The zero-order valence-corrected chi connectivity index (χ0v) is 11.1. The molecule has 3 rings (SSSR count). The minimum absolute atomic E-state index is 0.0942. The third-order valence-electron chi connectivity index (χ3n) is 3.01. The van der Waals surface area contributed by atoms with E-state index in [0.29, 0.717) is 0 Å². The minimum Gasteiger partial charge on any atom is -0.494 e.